The Balaban J connectivity index is 2.40. The summed E-state index contributed by atoms with van der Waals surface area (Å²) >= 11 is 0. The van der Waals surface area contributed by atoms with Gasteiger partial charge in [-0.1, -0.05) is 0 Å². The van der Waals surface area contributed by atoms with Crippen LogP contribution < -0.4 is 5.32 Å². The minimum Gasteiger partial charge on any atom is -0.465 e. The fourth-order valence-electron chi connectivity index (χ4n) is 2.60. The van der Waals surface area contributed by atoms with Gasteiger partial charge in [0, 0.05) is 20.2 Å². The van der Waals surface area contributed by atoms with Crippen LogP contribution in [-0.2, 0) is 14.3 Å². The first-order chi connectivity index (χ1) is 9.04. The molecule has 0 aromatic rings. The largest absolute Gasteiger partial charge is 0.465 e. The standard InChI is InChI=1S/C14H28N2O3/c1-5-19-13(17)12(15-3)7-10-16-9-6-8-14(2,11-16)18-4/h12,15H,5-11H2,1-4H3. The molecule has 5 heteroatoms. The van der Waals surface area contributed by atoms with Gasteiger partial charge in [-0.25, -0.2) is 0 Å². The molecule has 112 valence electrons. The summed E-state index contributed by atoms with van der Waals surface area (Å²) in [6, 6.07) is -0.212. The van der Waals surface area contributed by atoms with Crippen LogP contribution in [0.25, 0.3) is 0 Å². The van der Waals surface area contributed by atoms with E-state index in [0.29, 0.717) is 6.61 Å². The lowest BCUT2D eigenvalue weighted by Gasteiger charge is -2.39. The lowest BCUT2D eigenvalue weighted by Crippen LogP contribution is -2.49. The Bertz CT molecular complexity index is 286. The molecule has 5 nitrogen and oxygen atoms in total. The number of likely N-dealkylation sites (tertiary alicyclic amines) is 1. The third kappa shape index (κ3) is 5.09. The maximum atomic E-state index is 11.7. The molecule has 1 N–H and O–H groups in total. The normalized spacial score (nSPS) is 26.1. The Labute approximate surface area is 116 Å². The Hall–Kier alpha value is -0.650. The van der Waals surface area contributed by atoms with Gasteiger partial charge in [0.2, 0.25) is 0 Å². The van der Waals surface area contributed by atoms with Crippen LogP contribution >= 0.6 is 0 Å². The van der Waals surface area contributed by atoms with Gasteiger partial charge in [-0.2, -0.15) is 0 Å². The van der Waals surface area contributed by atoms with Gasteiger partial charge in [-0.15, -0.1) is 0 Å². The second-order valence-corrected chi connectivity index (χ2v) is 5.42. The van der Waals surface area contributed by atoms with Crippen molar-refractivity contribution < 1.29 is 14.3 Å². The molecule has 1 heterocycles. The predicted octanol–water partition coefficient (Wildman–Crippen LogP) is 1.03. The number of hydrogen-bond acceptors (Lipinski definition) is 5. The van der Waals surface area contributed by atoms with E-state index in [1.165, 1.54) is 0 Å². The molecule has 19 heavy (non-hydrogen) atoms. The maximum absolute atomic E-state index is 11.7. The van der Waals surface area contributed by atoms with Crippen LogP contribution in [0.15, 0.2) is 0 Å². The van der Waals surface area contributed by atoms with Crippen LogP contribution in [0.1, 0.15) is 33.1 Å². The van der Waals surface area contributed by atoms with Crippen molar-refractivity contribution in [2.24, 2.45) is 0 Å². The first-order valence-corrected chi connectivity index (χ1v) is 7.16. The van der Waals surface area contributed by atoms with E-state index in [-0.39, 0.29) is 17.6 Å². The van der Waals surface area contributed by atoms with E-state index in [2.05, 4.69) is 17.1 Å². The fourth-order valence-corrected chi connectivity index (χ4v) is 2.60. The molecule has 0 aromatic carbocycles. The molecule has 1 fully saturated rings. The summed E-state index contributed by atoms with van der Waals surface area (Å²) in [5.41, 5.74) is -0.0443. The molecule has 2 atom stereocenters. The van der Waals surface area contributed by atoms with Crippen LogP contribution in [0.2, 0.25) is 0 Å². The minimum absolute atomic E-state index is 0.0443. The van der Waals surface area contributed by atoms with Crippen molar-refractivity contribution in [3.8, 4) is 0 Å². The third-order valence-electron chi connectivity index (χ3n) is 3.88. The molecule has 1 rings (SSSR count). The number of hydrogen-bond donors (Lipinski definition) is 1. The average Bonchev–Trinajstić information content (AvgIpc) is 2.40. The van der Waals surface area contributed by atoms with E-state index in [4.69, 9.17) is 9.47 Å². The van der Waals surface area contributed by atoms with Crippen molar-refractivity contribution in [2.75, 3.05) is 40.4 Å². The summed E-state index contributed by atoms with van der Waals surface area (Å²) in [4.78, 5) is 14.1. The Morgan fingerprint density at radius 3 is 2.84 bits per heavy atom. The van der Waals surface area contributed by atoms with Gasteiger partial charge in [0.05, 0.1) is 12.2 Å². The summed E-state index contributed by atoms with van der Waals surface area (Å²) in [6.45, 7) is 7.33. The maximum Gasteiger partial charge on any atom is 0.323 e. The quantitative estimate of drug-likeness (QED) is 0.702. The molecule has 0 saturated carbocycles. The predicted molar refractivity (Wildman–Crippen MR) is 75.2 cm³/mol. The average molecular weight is 272 g/mol. The fraction of sp³-hybridized carbons (Fsp3) is 0.929. The van der Waals surface area contributed by atoms with Crippen LogP contribution in [0.4, 0.5) is 0 Å². The van der Waals surface area contributed by atoms with E-state index in [1.807, 2.05) is 6.92 Å². The van der Waals surface area contributed by atoms with E-state index in [0.717, 1.165) is 38.9 Å². The molecule has 0 bridgehead atoms. The molecule has 1 aliphatic rings. The number of likely N-dealkylation sites (N-methyl/N-ethyl adjacent to an activating group) is 1. The highest BCUT2D eigenvalue weighted by molar-refractivity contribution is 5.75. The van der Waals surface area contributed by atoms with E-state index < -0.39 is 0 Å². The topological polar surface area (TPSA) is 50.8 Å². The van der Waals surface area contributed by atoms with Crippen LogP contribution in [0.5, 0.6) is 0 Å². The number of esters is 1. The summed E-state index contributed by atoms with van der Waals surface area (Å²) in [6.07, 6.45) is 3.02. The van der Waals surface area contributed by atoms with Crippen molar-refractivity contribution in [1.29, 1.82) is 0 Å². The monoisotopic (exact) mass is 272 g/mol. The zero-order chi connectivity index (χ0) is 14.3. The van der Waals surface area contributed by atoms with Gasteiger partial charge < -0.3 is 19.7 Å². The van der Waals surface area contributed by atoms with Crippen LogP contribution in [0.3, 0.4) is 0 Å². The van der Waals surface area contributed by atoms with Gasteiger partial charge in [0.25, 0.3) is 0 Å². The number of carbonyl (C=O) groups is 1. The number of rotatable bonds is 7. The summed E-state index contributed by atoms with van der Waals surface area (Å²) in [5, 5.41) is 3.03. The number of nitrogens with one attached hydrogen (secondary N) is 1. The van der Waals surface area contributed by atoms with Gasteiger partial charge in [-0.3, -0.25) is 4.79 Å². The zero-order valence-corrected chi connectivity index (χ0v) is 12.7. The summed E-state index contributed by atoms with van der Waals surface area (Å²) in [7, 11) is 3.58. The molecular formula is C14H28N2O3. The number of ether oxygens (including phenoxy) is 2. The van der Waals surface area contributed by atoms with E-state index in [1.54, 1.807) is 14.2 Å². The third-order valence-corrected chi connectivity index (χ3v) is 3.88. The van der Waals surface area contributed by atoms with Crippen molar-refractivity contribution in [1.82, 2.24) is 10.2 Å². The molecule has 0 amide bonds. The highest BCUT2D eigenvalue weighted by Crippen LogP contribution is 2.23. The second kappa shape index (κ2) is 7.82. The number of carbonyl (C=O) groups excluding carboxylic acids is 1. The molecule has 2 unspecified atom stereocenters. The number of piperidine rings is 1. The van der Waals surface area contributed by atoms with Crippen LogP contribution in [-0.4, -0.2) is 62.9 Å². The molecule has 0 aliphatic carbocycles. The highest BCUT2D eigenvalue weighted by atomic mass is 16.5. The number of methoxy groups -OCH3 is 1. The van der Waals surface area contributed by atoms with Crippen molar-refractivity contribution in [3.63, 3.8) is 0 Å². The molecule has 0 radical (unpaired) electrons. The van der Waals surface area contributed by atoms with Gasteiger partial charge in [0.15, 0.2) is 0 Å². The van der Waals surface area contributed by atoms with Gasteiger partial charge >= 0.3 is 5.97 Å². The molecule has 1 aliphatic heterocycles. The SMILES string of the molecule is CCOC(=O)C(CCN1CCCC(C)(OC)C1)NC. The molecule has 0 aromatic heterocycles. The van der Waals surface area contributed by atoms with E-state index >= 15 is 0 Å². The Morgan fingerprint density at radius 2 is 2.26 bits per heavy atom. The minimum atomic E-state index is -0.212. The second-order valence-electron chi connectivity index (χ2n) is 5.42. The van der Waals surface area contributed by atoms with E-state index in [9.17, 15) is 4.79 Å². The molecule has 0 spiro atoms. The zero-order valence-electron chi connectivity index (χ0n) is 12.7. The van der Waals surface area contributed by atoms with Crippen molar-refractivity contribution in [2.45, 2.75) is 44.8 Å². The first-order valence-electron chi connectivity index (χ1n) is 7.16. The Kier molecular flexibility index (Phi) is 6.75. The Morgan fingerprint density at radius 1 is 1.53 bits per heavy atom. The summed E-state index contributed by atoms with van der Waals surface area (Å²) < 4.78 is 10.6. The smallest absolute Gasteiger partial charge is 0.323 e. The lowest BCUT2D eigenvalue weighted by molar-refractivity contribution is -0.145. The number of nitrogens with zero attached hydrogens (tertiary/aromatic N) is 1. The van der Waals surface area contributed by atoms with Gasteiger partial charge in [-0.05, 0) is 46.7 Å². The molecular weight excluding hydrogens is 244 g/mol. The first kappa shape index (κ1) is 16.4. The highest BCUT2D eigenvalue weighted by Gasteiger charge is 2.31. The summed E-state index contributed by atoms with van der Waals surface area (Å²) in [5.74, 6) is -0.156. The molecule has 1 saturated heterocycles. The van der Waals surface area contributed by atoms with Gasteiger partial charge in [0.1, 0.15) is 6.04 Å². The van der Waals surface area contributed by atoms with Crippen molar-refractivity contribution >= 4 is 5.97 Å². The lowest BCUT2D eigenvalue weighted by atomic mass is 9.94. The van der Waals surface area contributed by atoms with Crippen molar-refractivity contribution in [3.05, 3.63) is 0 Å². The van der Waals surface area contributed by atoms with Crippen LogP contribution in [0, 0.1) is 0 Å².